The average molecular weight is 201 g/mol. The van der Waals surface area contributed by atoms with Crippen LogP contribution in [0.3, 0.4) is 0 Å². The second-order valence-corrected chi connectivity index (χ2v) is 3.25. The summed E-state index contributed by atoms with van der Waals surface area (Å²) in [5.74, 6) is -1.02. The molecule has 0 aromatic heterocycles. The number of nitrogens with one attached hydrogen (secondary N) is 2. The predicted molar refractivity (Wildman–Crippen MR) is 50.1 cm³/mol. The zero-order chi connectivity index (χ0) is 10.6. The number of carbonyl (C=O) groups is 2. The van der Waals surface area contributed by atoms with Crippen molar-refractivity contribution in [1.29, 1.82) is 0 Å². The molecule has 80 valence electrons. The summed E-state index contributed by atoms with van der Waals surface area (Å²) in [6.07, 6.45) is 0. The topological polar surface area (TPSA) is 81.7 Å². The molecule has 1 saturated heterocycles. The molecule has 2 amide bonds. The predicted octanol–water partition coefficient (Wildman–Crippen LogP) is -0.926. The Balaban J connectivity index is 2.36. The van der Waals surface area contributed by atoms with E-state index in [1.165, 1.54) is 6.92 Å². The molecule has 0 aromatic rings. The van der Waals surface area contributed by atoms with E-state index in [0.717, 1.165) is 13.1 Å². The molecule has 0 spiro atoms. The van der Waals surface area contributed by atoms with Crippen LogP contribution in [0.5, 0.6) is 0 Å². The number of carboxylic acid groups (broad SMARTS) is 1. The van der Waals surface area contributed by atoms with Gasteiger partial charge in [-0.1, -0.05) is 0 Å². The SMILES string of the molecule is C[C@H](NC(=O)N1CCNCC1)C(=O)O. The van der Waals surface area contributed by atoms with Gasteiger partial charge < -0.3 is 20.6 Å². The van der Waals surface area contributed by atoms with Gasteiger partial charge in [0.25, 0.3) is 0 Å². The molecule has 0 aliphatic carbocycles. The highest BCUT2D eigenvalue weighted by molar-refractivity contribution is 5.82. The second kappa shape index (κ2) is 4.80. The van der Waals surface area contributed by atoms with Gasteiger partial charge in [-0.3, -0.25) is 4.79 Å². The largest absolute Gasteiger partial charge is 0.480 e. The molecular formula is C8H15N3O3. The van der Waals surface area contributed by atoms with Crippen LogP contribution in [0.25, 0.3) is 0 Å². The molecule has 1 aliphatic rings. The molecule has 1 atom stereocenters. The molecule has 1 rings (SSSR count). The van der Waals surface area contributed by atoms with E-state index in [9.17, 15) is 9.59 Å². The van der Waals surface area contributed by atoms with Gasteiger partial charge in [0.2, 0.25) is 0 Å². The molecule has 3 N–H and O–H groups in total. The van der Waals surface area contributed by atoms with Crippen molar-refractivity contribution < 1.29 is 14.7 Å². The van der Waals surface area contributed by atoms with E-state index in [-0.39, 0.29) is 6.03 Å². The van der Waals surface area contributed by atoms with E-state index in [1.807, 2.05) is 0 Å². The number of urea groups is 1. The van der Waals surface area contributed by atoms with E-state index in [0.29, 0.717) is 13.1 Å². The first-order chi connectivity index (χ1) is 6.61. The second-order valence-electron chi connectivity index (χ2n) is 3.25. The summed E-state index contributed by atoms with van der Waals surface area (Å²) < 4.78 is 0. The zero-order valence-corrected chi connectivity index (χ0v) is 8.12. The molecule has 6 nitrogen and oxygen atoms in total. The molecular weight excluding hydrogens is 186 g/mol. The Morgan fingerprint density at radius 2 is 2.00 bits per heavy atom. The number of carboxylic acids is 1. The van der Waals surface area contributed by atoms with E-state index < -0.39 is 12.0 Å². The monoisotopic (exact) mass is 201 g/mol. The van der Waals surface area contributed by atoms with E-state index >= 15 is 0 Å². The van der Waals surface area contributed by atoms with E-state index in [1.54, 1.807) is 4.90 Å². The number of aliphatic carboxylic acids is 1. The van der Waals surface area contributed by atoms with Gasteiger partial charge >= 0.3 is 12.0 Å². The van der Waals surface area contributed by atoms with Gasteiger partial charge in [0, 0.05) is 26.2 Å². The Kier molecular flexibility index (Phi) is 3.70. The van der Waals surface area contributed by atoms with Gasteiger partial charge in [0.15, 0.2) is 0 Å². The molecule has 0 unspecified atom stereocenters. The fourth-order valence-electron chi connectivity index (χ4n) is 1.21. The summed E-state index contributed by atoms with van der Waals surface area (Å²) >= 11 is 0. The standard InChI is InChI=1S/C8H15N3O3/c1-6(7(12)13)10-8(14)11-4-2-9-3-5-11/h6,9H,2-5H2,1H3,(H,10,14)(H,12,13)/t6-/m0/s1. The van der Waals surface area contributed by atoms with Crippen LogP contribution in [-0.4, -0.2) is 54.2 Å². The van der Waals surface area contributed by atoms with Crippen LogP contribution in [0.4, 0.5) is 4.79 Å². The van der Waals surface area contributed by atoms with Crippen LogP contribution >= 0.6 is 0 Å². The molecule has 0 radical (unpaired) electrons. The van der Waals surface area contributed by atoms with Crippen molar-refractivity contribution in [2.45, 2.75) is 13.0 Å². The number of carbonyl (C=O) groups excluding carboxylic acids is 1. The lowest BCUT2D eigenvalue weighted by molar-refractivity contribution is -0.138. The quantitative estimate of drug-likeness (QED) is 0.539. The van der Waals surface area contributed by atoms with Crippen molar-refractivity contribution in [2.75, 3.05) is 26.2 Å². The number of hydrogen-bond donors (Lipinski definition) is 3. The third kappa shape index (κ3) is 2.88. The fourth-order valence-corrected chi connectivity index (χ4v) is 1.21. The highest BCUT2D eigenvalue weighted by Crippen LogP contribution is 1.94. The summed E-state index contributed by atoms with van der Waals surface area (Å²) in [5, 5.41) is 14.1. The molecule has 6 heteroatoms. The van der Waals surface area contributed by atoms with Crippen molar-refractivity contribution in [1.82, 2.24) is 15.5 Å². The maximum atomic E-state index is 11.4. The lowest BCUT2D eigenvalue weighted by atomic mass is 10.3. The van der Waals surface area contributed by atoms with Crippen LogP contribution in [0.15, 0.2) is 0 Å². The third-order valence-corrected chi connectivity index (χ3v) is 2.11. The Hall–Kier alpha value is -1.30. The summed E-state index contributed by atoms with van der Waals surface area (Å²) in [4.78, 5) is 23.5. The van der Waals surface area contributed by atoms with Crippen molar-refractivity contribution in [2.24, 2.45) is 0 Å². The highest BCUT2D eigenvalue weighted by atomic mass is 16.4. The van der Waals surface area contributed by atoms with Crippen LogP contribution in [0.1, 0.15) is 6.92 Å². The van der Waals surface area contributed by atoms with Crippen LogP contribution in [0, 0.1) is 0 Å². The van der Waals surface area contributed by atoms with Crippen molar-refractivity contribution >= 4 is 12.0 Å². The van der Waals surface area contributed by atoms with Gasteiger partial charge in [-0.05, 0) is 6.92 Å². The third-order valence-electron chi connectivity index (χ3n) is 2.11. The van der Waals surface area contributed by atoms with Gasteiger partial charge in [0.05, 0.1) is 0 Å². The summed E-state index contributed by atoms with van der Waals surface area (Å²) in [6.45, 7) is 4.21. The minimum atomic E-state index is -1.02. The maximum absolute atomic E-state index is 11.4. The first-order valence-electron chi connectivity index (χ1n) is 4.60. The van der Waals surface area contributed by atoms with E-state index in [2.05, 4.69) is 10.6 Å². The number of rotatable bonds is 2. The molecule has 1 aliphatic heterocycles. The average Bonchev–Trinajstić information content (AvgIpc) is 2.19. The normalized spacial score (nSPS) is 18.8. The number of hydrogen-bond acceptors (Lipinski definition) is 3. The fraction of sp³-hybridized carbons (Fsp3) is 0.750. The molecule has 0 aromatic carbocycles. The highest BCUT2D eigenvalue weighted by Gasteiger charge is 2.20. The van der Waals surface area contributed by atoms with Crippen molar-refractivity contribution in [3.63, 3.8) is 0 Å². The molecule has 1 heterocycles. The summed E-state index contributed by atoms with van der Waals surface area (Å²) in [7, 11) is 0. The van der Waals surface area contributed by atoms with Crippen LogP contribution in [-0.2, 0) is 4.79 Å². The molecule has 1 fully saturated rings. The number of piperazine rings is 1. The van der Waals surface area contributed by atoms with Gasteiger partial charge in [-0.15, -0.1) is 0 Å². The Morgan fingerprint density at radius 3 is 2.50 bits per heavy atom. The smallest absolute Gasteiger partial charge is 0.325 e. The summed E-state index contributed by atoms with van der Waals surface area (Å²) in [5.41, 5.74) is 0. The summed E-state index contributed by atoms with van der Waals surface area (Å²) in [6, 6.07) is -1.14. The molecule has 0 bridgehead atoms. The van der Waals surface area contributed by atoms with Gasteiger partial charge in [-0.25, -0.2) is 4.79 Å². The van der Waals surface area contributed by atoms with Crippen LogP contribution < -0.4 is 10.6 Å². The minimum Gasteiger partial charge on any atom is -0.480 e. The minimum absolute atomic E-state index is 0.304. The Morgan fingerprint density at radius 1 is 1.43 bits per heavy atom. The van der Waals surface area contributed by atoms with Crippen LogP contribution in [0.2, 0.25) is 0 Å². The lowest BCUT2D eigenvalue weighted by Gasteiger charge is -2.28. The Labute approximate surface area is 82.3 Å². The zero-order valence-electron chi connectivity index (χ0n) is 8.12. The van der Waals surface area contributed by atoms with Crippen molar-refractivity contribution in [3.05, 3.63) is 0 Å². The Bertz CT molecular complexity index is 226. The van der Waals surface area contributed by atoms with Gasteiger partial charge in [0.1, 0.15) is 6.04 Å². The number of nitrogens with zero attached hydrogens (tertiary/aromatic N) is 1. The van der Waals surface area contributed by atoms with E-state index in [4.69, 9.17) is 5.11 Å². The van der Waals surface area contributed by atoms with Crippen molar-refractivity contribution in [3.8, 4) is 0 Å². The first kappa shape index (κ1) is 10.8. The molecule has 0 saturated carbocycles. The van der Waals surface area contributed by atoms with Gasteiger partial charge in [-0.2, -0.15) is 0 Å². The lowest BCUT2D eigenvalue weighted by Crippen LogP contribution is -2.53. The maximum Gasteiger partial charge on any atom is 0.325 e. The first-order valence-corrected chi connectivity index (χ1v) is 4.60. The molecule has 14 heavy (non-hydrogen) atoms. The number of amides is 2.